The molecule has 0 amide bonds. The average molecular weight is 326 g/mol. The van der Waals surface area contributed by atoms with Crippen LogP contribution >= 0.6 is 23.2 Å². The maximum Gasteiger partial charge on any atom is 0.145 e. The minimum Gasteiger partial charge on any atom is -0.310 e. The quantitative estimate of drug-likeness (QED) is 0.782. The van der Waals surface area contributed by atoms with Gasteiger partial charge in [-0.25, -0.2) is 4.39 Å². The summed E-state index contributed by atoms with van der Waals surface area (Å²) in [5.74, 6) is -0.347. The smallest absolute Gasteiger partial charge is 0.145 e. The lowest BCUT2D eigenvalue weighted by Crippen LogP contribution is -2.23. The number of hydrogen-bond acceptors (Lipinski definition) is 1. The minimum absolute atomic E-state index is 0.000988. The number of hydrogen-bond donors (Lipinski definition) is 1. The Morgan fingerprint density at radius 3 is 2.57 bits per heavy atom. The normalized spacial score (nSPS) is 12.4. The molecule has 2 aromatic carbocycles. The van der Waals surface area contributed by atoms with Gasteiger partial charge in [-0.1, -0.05) is 54.4 Å². The molecule has 0 aromatic heterocycles. The van der Waals surface area contributed by atoms with Gasteiger partial charge in [0.15, 0.2) is 0 Å². The molecule has 4 heteroatoms. The molecule has 21 heavy (non-hydrogen) atoms. The Morgan fingerprint density at radius 2 is 1.90 bits per heavy atom. The first-order valence-corrected chi connectivity index (χ1v) is 7.70. The van der Waals surface area contributed by atoms with Crippen LogP contribution in [0.3, 0.4) is 0 Å². The summed E-state index contributed by atoms with van der Waals surface area (Å²) in [4.78, 5) is 0. The minimum atomic E-state index is -0.347. The summed E-state index contributed by atoms with van der Waals surface area (Å²) in [7, 11) is 0. The largest absolute Gasteiger partial charge is 0.310 e. The van der Waals surface area contributed by atoms with E-state index in [0.29, 0.717) is 12.0 Å². The molecular weight excluding hydrogens is 308 g/mol. The summed E-state index contributed by atoms with van der Waals surface area (Å²) in [5, 5.41) is 4.25. The van der Waals surface area contributed by atoms with Crippen LogP contribution in [0.25, 0.3) is 0 Å². The number of nitrogens with one attached hydrogen (secondary N) is 1. The first-order chi connectivity index (χ1) is 10.0. The van der Waals surface area contributed by atoms with E-state index >= 15 is 0 Å². The van der Waals surface area contributed by atoms with Crippen LogP contribution < -0.4 is 5.32 Å². The highest BCUT2D eigenvalue weighted by atomic mass is 35.5. The molecule has 0 aliphatic heterocycles. The van der Waals surface area contributed by atoms with Crippen LogP contribution in [0.2, 0.25) is 10.0 Å². The number of likely N-dealkylation sites (N-methyl/N-ethyl adjacent to an activating group) is 1. The molecular formula is C17H18Cl2FN. The molecule has 1 unspecified atom stereocenters. The van der Waals surface area contributed by atoms with Crippen molar-refractivity contribution >= 4 is 23.2 Å². The van der Waals surface area contributed by atoms with Gasteiger partial charge in [-0.2, -0.15) is 0 Å². The van der Waals surface area contributed by atoms with Gasteiger partial charge < -0.3 is 5.32 Å². The summed E-state index contributed by atoms with van der Waals surface area (Å²) >= 11 is 12.0. The fourth-order valence-electron chi connectivity index (χ4n) is 2.31. The van der Waals surface area contributed by atoms with Crippen LogP contribution in [0.5, 0.6) is 0 Å². The number of rotatable bonds is 5. The van der Waals surface area contributed by atoms with Crippen molar-refractivity contribution in [3.8, 4) is 0 Å². The molecule has 0 spiro atoms. The molecule has 0 saturated heterocycles. The third-order valence-corrected chi connectivity index (χ3v) is 4.20. The van der Waals surface area contributed by atoms with E-state index in [4.69, 9.17) is 23.2 Å². The number of benzene rings is 2. The van der Waals surface area contributed by atoms with Gasteiger partial charge in [0.1, 0.15) is 5.82 Å². The second kappa shape index (κ2) is 7.26. The topological polar surface area (TPSA) is 12.0 Å². The molecule has 0 aliphatic carbocycles. The molecule has 1 nitrogen and oxygen atoms in total. The van der Waals surface area contributed by atoms with E-state index in [9.17, 15) is 4.39 Å². The highest BCUT2D eigenvalue weighted by molar-refractivity contribution is 6.31. The van der Waals surface area contributed by atoms with E-state index in [1.54, 1.807) is 18.2 Å². The van der Waals surface area contributed by atoms with Crippen molar-refractivity contribution in [1.29, 1.82) is 0 Å². The van der Waals surface area contributed by atoms with Crippen LogP contribution in [0.1, 0.15) is 29.7 Å². The number of aryl methyl sites for hydroxylation is 1. The monoisotopic (exact) mass is 325 g/mol. The molecule has 0 saturated carbocycles. The van der Waals surface area contributed by atoms with Gasteiger partial charge in [0, 0.05) is 11.1 Å². The van der Waals surface area contributed by atoms with E-state index in [2.05, 4.69) is 5.32 Å². The van der Waals surface area contributed by atoms with Crippen molar-refractivity contribution in [2.24, 2.45) is 0 Å². The summed E-state index contributed by atoms with van der Waals surface area (Å²) in [6.45, 7) is 4.78. The highest BCUT2D eigenvalue weighted by Crippen LogP contribution is 2.26. The second-order valence-electron chi connectivity index (χ2n) is 5.04. The summed E-state index contributed by atoms with van der Waals surface area (Å²) in [6.07, 6.45) is 0.527. The molecule has 2 aromatic rings. The van der Waals surface area contributed by atoms with Crippen molar-refractivity contribution in [3.63, 3.8) is 0 Å². The summed E-state index contributed by atoms with van der Waals surface area (Å²) in [5.41, 5.74) is 2.68. The zero-order chi connectivity index (χ0) is 15.4. The van der Waals surface area contributed by atoms with Crippen molar-refractivity contribution in [2.75, 3.05) is 6.54 Å². The Hall–Kier alpha value is -1.09. The van der Waals surface area contributed by atoms with Gasteiger partial charge in [0.2, 0.25) is 0 Å². The summed E-state index contributed by atoms with van der Waals surface area (Å²) in [6, 6.07) is 11.0. The Bertz CT molecular complexity index is 628. The lowest BCUT2D eigenvalue weighted by atomic mass is 9.97. The third-order valence-electron chi connectivity index (χ3n) is 3.50. The summed E-state index contributed by atoms with van der Waals surface area (Å²) < 4.78 is 14.1. The zero-order valence-corrected chi connectivity index (χ0v) is 13.6. The molecule has 1 N–H and O–H groups in total. The Balaban J connectivity index is 2.30. The van der Waals surface area contributed by atoms with Crippen molar-refractivity contribution < 1.29 is 4.39 Å². The molecule has 0 bridgehead atoms. The van der Waals surface area contributed by atoms with E-state index in [1.165, 1.54) is 0 Å². The standard InChI is InChI=1S/C17H18Cl2FN/c1-3-21-16(12-8-7-11(2)15(19)9-12)10-13-5-4-6-14(18)17(13)20/h4-9,16,21H,3,10H2,1-2H3. The molecule has 0 radical (unpaired) electrons. The number of halogens is 3. The van der Waals surface area contributed by atoms with Gasteiger partial charge in [-0.15, -0.1) is 0 Å². The lowest BCUT2D eigenvalue weighted by Gasteiger charge is -2.20. The molecule has 1 atom stereocenters. The maximum absolute atomic E-state index is 14.1. The zero-order valence-electron chi connectivity index (χ0n) is 12.1. The van der Waals surface area contributed by atoms with E-state index in [-0.39, 0.29) is 16.9 Å². The predicted octanol–water partition coefficient (Wildman–Crippen LogP) is 5.33. The fourth-order valence-corrected chi connectivity index (χ4v) is 2.69. The first-order valence-electron chi connectivity index (χ1n) is 6.95. The van der Waals surface area contributed by atoms with E-state index in [1.807, 2.05) is 32.0 Å². The molecule has 0 heterocycles. The maximum atomic E-state index is 14.1. The average Bonchev–Trinajstić information content (AvgIpc) is 2.46. The van der Waals surface area contributed by atoms with Crippen LogP contribution in [0.15, 0.2) is 36.4 Å². The Morgan fingerprint density at radius 1 is 1.14 bits per heavy atom. The molecule has 112 valence electrons. The first kappa shape index (κ1) is 16.3. The van der Waals surface area contributed by atoms with E-state index in [0.717, 1.165) is 22.7 Å². The molecule has 0 fully saturated rings. The molecule has 2 rings (SSSR count). The van der Waals surface area contributed by atoms with Gasteiger partial charge >= 0.3 is 0 Å². The van der Waals surface area contributed by atoms with Crippen molar-refractivity contribution in [3.05, 3.63) is 69.0 Å². The lowest BCUT2D eigenvalue weighted by molar-refractivity contribution is 0.528. The SMILES string of the molecule is CCNC(Cc1cccc(Cl)c1F)c1ccc(C)c(Cl)c1. The fraction of sp³-hybridized carbons (Fsp3) is 0.294. The van der Waals surface area contributed by atoms with Gasteiger partial charge in [-0.3, -0.25) is 0 Å². The highest BCUT2D eigenvalue weighted by Gasteiger charge is 2.15. The van der Waals surface area contributed by atoms with Crippen molar-refractivity contribution in [2.45, 2.75) is 26.3 Å². The van der Waals surface area contributed by atoms with E-state index < -0.39 is 0 Å². The second-order valence-corrected chi connectivity index (χ2v) is 5.85. The van der Waals surface area contributed by atoms with Crippen LogP contribution in [0, 0.1) is 12.7 Å². The predicted molar refractivity (Wildman–Crippen MR) is 87.7 cm³/mol. The van der Waals surface area contributed by atoms with Crippen LogP contribution in [-0.2, 0) is 6.42 Å². The van der Waals surface area contributed by atoms with Crippen molar-refractivity contribution in [1.82, 2.24) is 5.32 Å². The third kappa shape index (κ3) is 3.97. The van der Waals surface area contributed by atoms with Gasteiger partial charge in [-0.05, 0) is 48.7 Å². The van der Waals surface area contributed by atoms with Crippen LogP contribution in [0.4, 0.5) is 4.39 Å². The van der Waals surface area contributed by atoms with Gasteiger partial charge in [0.05, 0.1) is 5.02 Å². The molecule has 0 aliphatic rings. The Labute approximate surface area is 135 Å². The Kier molecular flexibility index (Phi) is 5.63. The van der Waals surface area contributed by atoms with Crippen LogP contribution in [-0.4, -0.2) is 6.54 Å². The van der Waals surface area contributed by atoms with Gasteiger partial charge in [0.25, 0.3) is 0 Å².